The summed E-state index contributed by atoms with van der Waals surface area (Å²) in [6.07, 6.45) is 1.97. The molecule has 1 heterocycles. The summed E-state index contributed by atoms with van der Waals surface area (Å²) in [6, 6.07) is 4.77. The molecule has 2 aromatic rings. The molecule has 1 aromatic heterocycles. The molecule has 21 heavy (non-hydrogen) atoms. The van der Waals surface area contributed by atoms with Crippen LogP contribution in [0.5, 0.6) is 5.75 Å². The lowest BCUT2D eigenvalue weighted by atomic mass is 10.1. The average Bonchev–Trinajstić information content (AvgIpc) is 3.08. The number of hydrogen-bond acceptors (Lipinski definition) is 6. The Kier molecular flexibility index (Phi) is 3.50. The molecule has 0 aliphatic heterocycles. The molecule has 0 radical (unpaired) electrons. The van der Waals surface area contributed by atoms with E-state index in [0.717, 1.165) is 18.4 Å². The molecule has 1 aromatic carbocycles. The summed E-state index contributed by atoms with van der Waals surface area (Å²) in [5, 5.41) is 11.5. The highest BCUT2D eigenvalue weighted by atomic mass is 32.2. The molecule has 4 N–H and O–H groups in total. The Morgan fingerprint density at radius 2 is 2.19 bits per heavy atom. The quantitative estimate of drug-likeness (QED) is 0.577. The van der Waals surface area contributed by atoms with Gasteiger partial charge in [0.15, 0.2) is 5.13 Å². The predicted molar refractivity (Wildman–Crippen MR) is 83.8 cm³/mol. The number of phenolic OH excluding ortho intramolecular Hbond substituents is 1. The minimum absolute atomic E-state index is 0.0133. The first-order valence-electron chi connectivity index (χ1n) is 6.48. The van der Waals surface area contributed by atoms with Crippen molar-refractivity contribution in [2.75, 3.05) is 16.2 Å². The van der Waals surface area contributed by atoms with Gasteiger partial charge in [0.25, 0.3) is 0 Å². The molecule has 1 aliphatic rings. The zero-order chi connectivity index (χ0) is 15.0. The Labute approximate surface area is 126 Å². The molecule has 1 saturated carbocycles. The van der Waals surface area contributed by atoms with Crippen molar-refractivity contribution in [2.45, 2.75) is 12.8 Å². The summed E-state index contributed by atoms with van der Waals surface area (Å²) in [5.74, 6) is 0.465. The van der Waals surface area contributed by atoms with E-state index in [2.05, 4.69) is 9.71 Å². The molecular formula is C13H15N3O3S2. The van der Waals surface area contributed by atoms with Gasteiger partial charge in [-0.15, -0.1) is 11.3 Å². The zero-order valence-corrected chi connectivity index (χ0v) is 12.7. The van der Waals surface area contributed by atoms with Crippen LogP contribution in [0.1, 0.15) is 12.8 Å². The van der Waals surface area contributed by atoms with Crippen LogP contribution in [-0.2, 0) is 10.0 Å². The fraction of sp³-hybridized carbons (Fsp3) is 0.308. The van der Waals surface area contributed by atoms with E-state index in [9.17, 15) is 13.5 Å². The van der Waals surface area contributed by atoms with Gasteiger partial charge in [-0.05, 0) is 37.0 Å². The lowest BCUT2D eigenvalue weighted by Crippen LogP contribution is -2.17. The van der Waals surface area contributed by atoms with Crippen molar-refractivity contribution in [3.63, 3.8) is 0 Å². The predicted octanol–water partition coefficient (Wildman–Crippen LogP) is 2.25. The Hall–Kier alpha value is -1.80. The van der Waals surface area contributed by atoms with Gasteiger partial charge in [-0.2, -0.15) is 0 Å². The Balaban J connectivity index is 1.77. The van der Waals surface area contributed by atoms with Gasteiger partial charge in [-0.25, -0.2) is 13.4 Å². The molecule has 0 atom stereocenters. The SMILES string of the molecule is Nc1cc(-c2csc(NS(=O)(=O)CC3CC3)n2)ccc1O. The second-order valence-electron chi connectivity index (χ2n) is 5.14. The van der Waals surface area contributed by atoms with Crippen LogP contribution < -0.4 is 10.5 Å². The summed E-state index contributed by atoms with van der Waals surface area (Å²) in [6.45, 7) is 0. The molecule has 3 rings (SSSR count). The maximum absolute atomic E-state index is 11.9. The van der Waals surface area contributed by atoms with E-state index in [-0.39, 0.29) is 17.2 Å². The first kappa shape index (κ1) is 14.2. The molecular weight excluding hydrogens is 310 g/mol. The second kappa shape index (κ2) is 5.19. The van der Waals surface area contributed by atoms with Crippen LogP contribution in [0.25, 0.3) is 11.3 Å². The summed E-state index contributed by atoms with van der Waals surface area (Å²) >= 11 is 1.22. The van der Waals surface area contributed by atoms with E-state index < -0.39 is 10.0 Å². The van der Waals surface area contributed by atoms with Crippen molar-refractivity contribution in [3.8, 4) is 17.0 Å². The summed E-state index contributed by atoms with van der Waals surface area (Å²) in [5.41, 5.74) is 7.25. The van der Waals surface area contributed by atoms with Crippen molar-refractivity contribution in [1.29, 1.82) is 0 Å². The number of nitrogen functional groups attached to an aromatic ring is 1. The molecule has 0 spiro atoms. The topological polar surface area (TPSA) is 105 Å². The first-order valence-corrected chi connectivity index (χ1v) is 9.01. The van der Waals surface area contributed by atoms with Crippen molar-refractivity contribution in [3.05, 3.63) is 23.6 Å². The number of aromatic hydroxyl groups is 1. The molecule has 1 aliphatic carbocycles. The van der Waals surface area contributed by atoms with E-state index >= 15 is 0 Å². The number of anilines is 2. The second-order valence-corrected chi connectivity index (χ2v) is 7.76. The minimum Gasteiger partial charge on any atom is -0.506 e. The molecule has 8 heteroatoms. The average molecular weight is 325 g/mol. The number of benzene rings is 1. The van der Waals surface area contributed by atoms with Crippen molar-refractivity contribution < 1.29 is 13.5 Å². The van der Waals surface area contributed by atoms with Crippen LogP contribution in [0.3, 0.4) is 0 Å². The van der Waals surface area contributed by atoms with Gasteiger partial charge in [-0.3, -0.25) is 4.72 Å². The molecule has 0 amide bonds. The summed E-state index contributed by atoms with van der Waals surface area (Å²) in [7, 11) is -3.32. The highest BCUT2D eigenvalue weighted by Gasteiger charge is 2.28. The van der Waals surface area contributed by atoms with Gasteiger partial charge >= 0.3 is 0 Å². The number of sulfonamides is 1. The number of aromatic nitrogens is 1. The highest BCUT2D eigenvalue weighted by molar-refractivity contribution is 7.92. The maximum atomic E-state index is 11.9. The molecule has 112 valence electrons. The summed E-state index contributed by atoms with van der Waals surface area (Å²) < 4.78 is 26.3. The number of hydrogen-bond donors (Lipinski definition) is 3. The lowest BCUT2D eigenvalue weighted by Gasteiger charge is -2.03. The molecule has 0 unspecified atom stereocenters. The molecule has 0 bridgehead atoms. The first-order chi connectivity index (χ1) is 9.93. The number of phenols is 1. The molecule has 1 fully saturated rings. The highest BCUT2D eigenvalue weighted by Crippen LogP contribution is 2.32. The monoisotopic (exact) mass is 325 g/mol. The zero-order valence-electron chi connectivity index (χ0n) is 11.1. The largest absolute Gasteiger partial charge is 0.506 e. The third kappa shape index (κ3) is 3.45. The lowest BCUT2D eigenvalue weighted by molar-refractivity contribution is 0.478. The normalized spacial score (nSPS) is 15.0. The van der Waals surface area contributed by atoms with Crippen molar-refractivity contribution in [2.24, 2.45) is 5.92 Å². The Morgan fingerprint density at radius 3 is 2.86 bits per heavy atom. The molecule has 6 nitrogen and oxygen atoms in total. The maximum Gasteiger partial charge on any atom is 0.234 e. The number of nitrogens with two attached hydrogens (primary N) is 1. The van der Waals surface area contributed by atoms with E-state index in [1.54, 1.807) is 17.5 Å². The Bertz CT molecular complexity index is 767. The van der Waals surface area contributed by atoms with E-state index in [0.29, 0.717) is 16.7 Å². The number of nitrogens with zero attached hydrogens (tertiary/aromatic N) is 1. The third-order valence-electron chi connectivity index (χ3n) is 3.22. The van der Waals surface area contributed by atoms with Crippen LogP contribution in [0.15, 0.2) is 23.6 Å². The number of nitrogens with one attached hydrogen (secondary N) is 1. The molecule has 0 saturated heterocycles. The van der Waals surface area contributed by atoms with Gasteiger partial charge in [0.1, 0.15) is 5.75 Å². The minimum atomic E-state index is -3.32. The van der Waals surface area contributed by atoms with Crippen molar-refractivity contribution in [1.82, 2.24) is 4.98 Å². The van der Waals surface area contributed by atoms with Crippen LogP contribution in [0.4, 0.5) is 10.8 Å². The Morgan fingerprint density at radius 1 is 1.43 bits per heavy atom. The fourth-order valence-corrected chi connectivity index (χ4v) is 4.42. The number of rotatable bonds is 5. The third-order valence-corrected chi connectivity index (χ3v) is 5.52. The van der Waals surface area contributed by atoms with Crippen molar-refractivity contribution >= 4 is 32.2 Å². The van der Waals surface area contributed by atoms with E-state index in [1.807, 2.05) is 0 Å². The van der Waals surface area contributed by atoms with Gasteiger partial charge in [-0.1, -0.05) is 0 Å². The fourth-order valence-electron chi connectivity index (χ4n) is 1.94. The van der Waals surface area contributed by atoms with Gasteiger partial charge < -0.3 is 10.8 Å². The van der Waals surface area contributed by atoms with Crippen LogP contribution in [-0.4, -0.2) is 24.3 Å². The smallest absolute Gasteiger partial charge is 0.234 e. The van der Waals surface area contributed by atoms with Gasteiger partial charge in [0, 0.05) is 10.9 Å². The van der Waals surface area contributed by atoms with Crippen LogP contribution >= 0.6 is 11.3 Å². The summed E-state index contributed by atoms with van der Waals surface area (Å²) in [4.78, 5) is 4.26. The number of thiazole rings is 1. The van der Waals surface area contributed by atoms with Crippen LogP contribution in [0.2, 0.25) is 0 Å². The van der Waals surface area contributed by atoms with Gasteiger partial charge in [0.05, 0.1) is 17.1 Å². The van der Waals surface area contributed by atoms with E-state index in [1.165, 1.54) is 17.4 Å². The van der Waals surface area contributed by atoms with E-state index in [4.69, 9.17) is 5.73 Å². The standard InChI is InChI=1S/C13H15N3O3S2/c14-10-5-9(3-4-12(10)17)11-6-20-13(15-11)16-21(18,19)7-8-1-2-8/h3-6,8,17H,1-2,7,14H2,(H,15,16). The van der Waals surface area contributed by atoms with Gasteiger partial charge in [0.2, 0.25) is 10.0 Å². The van der Waals surface area contributed by atoms with Crippen LogP contribution in [0, 0.1) is 5.92 Å².